The molecule has 1 unspecified atom stereocenters. The maximum atomic E-state index is 13.7. The molecule has 0 fully saturated rings. The molecule has 9 heteroatoms. The first-order valence-corrected chi connectivity index (χ1v) is 11.4. The number of carbonyl (C=O) groups excluding carboxylic acids is 1. The predicted molar refractivity (Wildman–Crippen MR) is 127 cm³/mol. The van der Waals surface area contributed by atoms with E-state index in [9.17, 15) is 31.1 Å². The van der Waals surface area contributed by atoms with Gasteiger partial charge in [-0.1, -0.05) is 30.3 Å². The molecule has 5 rings (SSSR count). The second kappa shape index (κ2) is 7.87. The van der Waals surface area contributed by atoms with E-state index in [0.717, 1.165) is 0 Å². The van der Waals surface area contributed by atoms with E-state index >= 15 is 0 Å². The summed E-state index contributed by atoms with van der Waals surface area (Å²) in [7, 11) is 1.65. The van der Waals surface area contributed by atoms with Crippen molar-refractivity contribution >= 4 is 17.5 Å². The molecule has 1 spiro atoms. The molecule has 2 aliphatic rings. The van der Waals surface area contributed by atoms with Crippen molar-refractivity contribution in [3.05, 3.63) is 100 Å². The van der Waals surface area contributed by atoms with Gasteiger partial charge in [-0.25, -0.2) is 0 Å². The third-order valence-corrected chi connectivity index (χ3v) is 7.24. The van der Waals surface area contributed by atoms with Crippen LogP contribution >= 0.6 is 0 Å². The van der Waals surface area contributed by atoms with Crippen LogP contribution in [0.15, 0.2) is 66.7 Å². The molecule has 0 bridgehead atoms. The Labute approximate surface area is 209 Å². The van der Waals surface area contributed by atoms with Gasteiger partial charge < -0.3 is 9.64 Å². The van der Waals surface area contributed by atoms with Crippen molar-refractivity contribution < 1.29 is 35.9 Å². The Morgan fingerprint density at radius 3 is 2.16 bits per heavy atom. The van der Waals surface area contributed by atoms with Crippen LogP contribution in [-0.2, 0) is 17.8 Å². The van der Waals surface area contributed by atoms with Crippen molar-refractivity contribution in [3.8, 4) is 5.75 Å². The molecule has 3 aromatic rings. The summed E-state index contributed by atoms with van der Waals surface area (Å²) in [5.41, 5.74) is -3.53. The number of ether oxygens (including phenoxy) is 1. The van der Waals surface area contributed by atoms with E-state index in [-0.39, 0.29) is 11.8 Å². The van der Waals surface area contributed by atoms with Crippen molar-refractivity contribution in [2.24, 2.45) is 0 Å². The molecule has 2 aliphatic heterocycles. The number of nitrogens with zero attached hydrogens (tertiary/aromatic N) is 1. The van der Waals surface area contributed by atoms with Crippen LogP contribution in [0.25, 0.3) is 6.08 Å². The SMILES string of the molecule is CN1c2ccc(C(=O)c3ccccc3)cc2C(C)(C)C12C=Cc1c(cc(C(F)(F)F)cc1C(F)(F)F)O2. The van der Waals surface area contributed by atoms with Gasteiger partial charge in [0.2, 0.25) is 5.72 Å². The summed E-state index contributed by atoms with van der Waals surface area (Å²) in [4.78, 5) is 14.7. The van der Waals surface area contributed by atoms with Gasteiger partial charge in [0.1, 0.15) is 5.75 Å². The summed E-state index contributed by atoms with van der Waals surface area (Å²) < 4.78 is 87.8. The fraction of sp³-hybridized carbons (Fsp3) is 0.250. The summed E-state index contributed by atoms with van der Waals surface area (Å²) in [5.74, 6) is -0.726. The van der Waals surface area contributed by atoms with Gasteiger partial charge in [-0.2, -0.15) is 26.3 Å². The van der Waals surface area contributed by atoms with Crippen LogP contribution in [0.5, 0.6) is 5.75 Å². The van der Waals surface area contributed by atoms with Crippen LogP contribution in [-0.4, -0.2) is 18.6 Å². The zero-order valence-electron chi connectivity index (χ0n) is 20.0. The summed E-state index contributed by atoms with van der Waals surface area (Å²) in [6.45, 7) is 3.55. The van der Waals surface area contributed by atoms with Gasteiger partial charge in [0.05, 0.1) is 16.5 Å². The molecule has 0 amide bonds. The maximum absolute atomic E-state index is 13.7. The lowest BCUT2D eigenvalue weighted by molar-refractivity contribution is -0.143. The number of rotatable bonds is 2. The molecule has 0 aliphatic carbocycles. The monoisotopic (exact) mass is 517 g/mol. The largest absolute Gasteiger partial charge is 0.463 e. The average Bonchev–Trinajstić information content (AvgIpc) is 3.00. The van der Waals surface area contributed by atoms with Crippen molar-refractivity contribution in [2.75, 3.05) is 11.9 Å². The number of likely N-dealkylation sites (N-methyl/N-ethyl adjacent to an activating group) is 1. The van der Waals surface area contributed by atoms with Crippen LogP contribution in [0, 0.1) is 0 Å². The summed E-state index contributed by atoms with van der Waals surface area (Å²) in [6.07, 6.45) is -7.41. The van der Waals surface area contributed by atoms with E-state index in [1.807, 2.05) is 0 Å². The number of alkyl halides is 6. The molecule has 0 saturated heterocycles. The molecule has 0 aromatic heterocycles. The highest BCUT2D eigenvalue weighted by Gasteiger charge is 2.58. The molecule has 2 heterocycles. The Balaban J connectivity index is 1.63. The van der Waals surface area contributed by atoms with Crippen molar-refractivity contribution in [2.45, 2.75) is 37.3 Å². The topological polar surface area (TPSA) is 29.5 Å². The molecule has 1 atom stereocenters. The van der Waals surface area contributed by atoms with Crippen LogP contribution in [0.1, 0.15) is 52.0 Å². The Morgan fingerprint density at radius 2 is 1.54 bits per heavy atom. The number of hydrogen-bond donors (Lipinski definition) is 0. The fourth-order valence-electron chi connectivity index (χ4n) is 5.21. The van der Waals surface area contributed by atoms with E-state index in [0.29, 0.717) is 28.4 Å². The fourth-order valence-corrected chi connectivity index (χ4v) is 5.21. The number of carbonyl (C=O) groups is 1. The summed E-state index contributed by atoms with van der Waals surface area (Å²) in [5, 5.41) is 0. The second-order valence-corrected chi connectivity index (χ2v) is 9.67. The molecular weight excluding hydrogens is 496 g/mol. The minimum Gasteiger partial charge on any atom is -0.463 e. The minimum atomic E-state index is -5.02. The van der Waals surface area contributed by atoms with Crippen LogP contribution in [0.4, 0.5) is 32.0 Å². The summed E-state index contributed by atoms with van der Waals surface area (Å²) in [6, 6.07) is 14.4. The van der Waals surface area contributed by atoms with Crippen molar-refractivity contribution in [3.63, 3.8) is 0 Å². The average molecular weight is 517 g/mol. The van der Waals surface area contributed by atoms with Gasteiger partial charge in [0, 0.05) is 29.4 Å². The first kappa shape index (κ1) is 24.9. The van der Waals surface area contributed by atoms with E-state index in [2.05, 4.69) is 0 Å². The number of anilines is 1. The minimum absolute atomic E-state index is 0.101. The Bertz CT molecular complexity index is 1440. The Kier molecular flexibility index (Phi) is 5.30. The molecule has 0 N–H and O–H groups in total. The Morgan fingerprint density at radius 1 is 0.865 bits per heavy atom. The van der Waals surface area contributed by atoms with Crippen molar-refractivity contribution in [1.82, 2.24) is 0 Å². The lowest BCUT2D eigenvalue weighted by Gasteiger charge is -2.46. The highest BCUT2D eigenvalue weighted by Crippen LogP contribution is 2.56. The summed E-state index contributed by atoms with van der Waals surface area (Å²) >= 11 is 0. The highest BCUT2D eigenvalue weighted by molar-refractivity contribution is 6.09. The molecule has 0 saturated carbocycles. The molecule has 3 nitrogen and oxygen atoms in total. The third kappa shape index (κ3) is 3.70. The van der Waals surface area contributed by atoms with Gasteiger partial charge in [-0.05, 0) is 61.9 Å². The van der Waals surface area contributed by atoms with Gasteiger partial charge in [-0.3, -0.25) is 4.79 Å². The van der Waals surface area contributed by atoms with Crippen LogP contribution < -0.4 is 9.64 Å². The van der Waals surface area contributed by atoms with E-state index in [4.69, 9.17) is 4.74 Å². The number of fused-ring (bicyclic) bond motifs is 2. The number of hydrogen-bond acceptors (Lipinski definition) is 3. The van der Waals surface area contributed by atoms with Crippen LogP contribution in [0.2, 0.25) is 0 Å². The van der Waals surface area contributed by atoms with Gasteiger partial charge in [-0.15, -0.1) is 0 Å². The zero-order chi connectivity index (χ0) is 27.0. The highest BCUT2D eigenvalue weighted by atomic mass is 19.4. The molecular formula is C28H21F6NO2. The predicted octanol–water partition coefficient (Wildman–Crippen LogP) is 7.48. The van der Waals surface area contributed by atoms with Gasteiger partial charge in [0.25, 0.3) is 0 Å². The zero-order valence-corrected chi connectivity index (χ0v) is 20.0. The number of halogens is 6. The molecule has 192 valence electrons. The van der Waals surface area contributed by atoms with Crippen LogP contribution in [0.3, 0.4) is 0 Å². The molecule has 37 heavy (non-hydrogen) atoms. The van der Waals surface area contributed by atoms with Gasteiger partial charge in [0.15, 0.2) is 5.78 Å². The number of benzene rings is 3. The quantitative estimate of drug-likeness (QED) is 0.261. The van der Waals surface area contributed by atoms with Crippen molar-refractivity contribution in [1.29, 1.82) is 0 Å². The smallest absolute Gasteiger partial charge is 0.417 e. The molecule has 0 radical (unpaired) electrons. The van der Waals surface area contributed by atoms with E-state index in [1.54, 1.807) is 74.3 Å². The standard InChI is InChI=1S/C28H21F6NO2/c1-25(2)21-13-17(24(36)16-7-5-4-6-8-16)9-10-22(21)35(3)26(25)12-11-19-20(28(32,33)34)14-18(27(29,30)31)15-23(19)37-26/h4-15H,1-3H3. The lowest BCUT2D eigenvalue weighted by Crippen LogP contribution is -2.58. The molecule has 3 aromatic carbocycles. The maximum Gasteiger partial charge on any atom is 0.417 e. The van der Waals surface area contributed by atoms with Gasteiger partial charge >= 0.3 is 12.4 Å². The second-order valence-electron chi connectivity index (χ2n) is 9.67. The Hall–Kier alpha value is -3.75. The first-order valence-electron chi connectivity index (χ1n) is 11.4. The first-order chi connectivity index (χ1) is 17.2. The van der Waals surface area contributed by atoms with E-state index < -0.39 is 45.9 Å². The normalized spacial score (nSPS) is 20.0. The lowest BCUT2D eigenvalue weighted by atomic mass is 9.75. The third-order valence-electron chi connectivity index (χ3n) is 7.24. The van der Waals surface area contributed by atoms with E-state index in [1.165, 1.54) is 12.2 Å². The number of ketones is 1.